The van der Waals surface area contributed by atoms with Crippen LogP contribution in [-0.2, 0) is 0 Å². The molecule has 10 rings (SSSR count). The second kappa shape index (κ2) is 13.2. The van der Waals surface area contributed by atoms with Gasteiger partial charge in [0.2, 0.25) is 0 Å². The Kier molecular flexibility index (Phi) is 7.79. The third-order valence-electron chi connectivity index (χ3n) is 10.8. The number of nitrogens with zero attached hydrogens (tertiary/aromatic N) is 2. The standard InChI is InChI=1S/C49H37N3O/c1-4-13-32(14-5-1)33-23-25-34(26-24-33)35-27-29-36(30-28-35)43-31-39-19-10-11-20-40(39)44-41-21-12-22-42(45(41)53-46(43)44)49-51-47(37-15-6-2-7-16-37)50-48(52-49)38-17-8-3-9-18-38/h1-13,15-17,19-32,38,47H,14,18H2,(H,50,51,52). The van der Waals surface area contributed by atoms with Crippen LogP contribution in [0.2, 0.25) is 0 Å². The van der Waals surface area contributed by atoms with Crippen molar-refractivity contribution in [3.05, 3.63) is 193 Å². The van der Waals surface area contributed by atoms with Crippen molar-refractivity contribution >= 4 is 44.4 Å². The molecule has 1 aromatic heterocycles. The van der Waals surface area contributed by atoms with Crippen molar-refractivity contribution in [2.75, 3.05) is 0 Å². The lowest BCUT2D eigenvalue weighted by molar-refractivity contribution is 0.668. The number of hydrogen-bond donors (Lipinski definition) is 1. The minimum atomic E-state index is -0.353. The van der Waals surface area contributed by atoms with E-state index in [1.54, 1.807) is 0 Å². The lowest BCUT2D eigenvalue weighted by Crippen LogP contribution is -2.39. The van der Waals surface area contributed by atoms with Crippen molar-refractivity contribution in [1.29, 1.82) is 0 Å². The van der Waals surface area contributed by atoms with Crippen LogP contribution < -0.4 is 5.32 Å². The van der Waals surface area contributed by atoms with Gasteiger partial charge in [-0.05, 0) is 63.6 Å². The maximum Gasteiger partial charge on any atom is 0.169 e. The van der Waals surface area contributed by atoms with Crippen molar-refractivity contribution < 1.29 is 4.42 Å². The first kappa shape index (κ1) is 31.2. The molecule has 1 N–H and O–H groups in total. The lowest BCUT2D eigenvalue weighted by atomic mass is 9.91. The molecule has 3 unspecified atom stereocenters. The van der Waals surface area contributed by atoms with Gasteiger partial charge < -0.3 is 9.73 Å². The van der Waals surface area contributed by atoms with Crippen LogP contribution in [0.25, 0.3) is 55.0 Å². The van der Waals surface area contributed by atoms with Gasteiger partial charge in [0.15, 0.2) is 6.17 Å². The van der Waals surface area contributed by atoms with Gasteiger partial charge in [0, 0.05) is 28.2 Å². The summed E-state index contributed by atoms with van der Waals surface area (Å²) in [6.45, 7) is 0. The summed E-state index contributed by atoms with van der Waals surface area (Å²) in [5, 5.41) is 8.19. The van der Waals surface area contributed by atoms with Crippen LogP contribution in [0.4, 0.5) is 0 Å². The number of para-hydroxylation sites is 1. The summed E-state index contributed by atoms with van der Waals surface area (Å²) in [7, 11) is 0. The third kappa shape index (κ3) is 5.73. The van der Waals surface area contributed by atoms with E-state index in [2.05, 4.69) is 163 Å². The molecule has 3 atom stereocenters. The summed E-state index contributed by atoms with van der Waals surface area (Å²) in [5.41, 5.74) is 9.63. The van der Waals surface area contributed by atoms with Crippen molar-refractivity contribution in [2.45, 2.75) is 24.9 Å². The molecule has 53 heavy (non-hydrogen) atoms. The summed E-state index contributed by atoms with van der Waals surface area (Å²) in [4.78, 5) is 10.3. The van der Waals surface area contributed by atoms with Gasteiger partial charge in [0.25, 0.3) is 0 Å². The first-order chi connectivity index (χ1) is 26.3. The molecule has 3 aliphatic rings. The highest BCUT2D eigenvalue weighted by atomic mass is 16.3. The molecule has 4 nitrogen and oxygen atoms in total. The van der Waals surface area contributed by atoms with Crippen LogP contribution in [0, 0.1) is 5.92 Å². The number of furan rings is 1. The van der Waals surface area contributed by atoms with E-state index >= 15 is 0 Å². The second-order valence-corrected chi connectivity index (χ2v) is 14.0. The van der Waals surface area contributed by atoms with E-state index in [9.17, 15) is 0 Å². The molecule has 2 aliphatic carbocycles. The van der Waals surface area contributed by atoms with E-state index in [-0.39, 0.29) is 12.1 Å². The molecule has 0 saturated heterocycles. The molecule has 0 bridgehead atoms. The van der Waals surface area contributed by atoms with E-state index < -0.39 is 0 Å². The van der Waals surface area contributed by atoms with Crippen LogP contribution in [0.3, 0.4) is 0 Å². The minimum absolute atomic E-state index is 0.148. The van der Waals surface area contributed by atoms with Gasteiger partial charge in [-0.2, -0.15) is 0 Å². The summed E-state index contributed by atoms with van der Waals surface area (Å²) in [6, 6.07) is 45.5. The highest BCUT2D eigenvalue weighted by Crippen LogP contribution is 2.42. The summed E-state index contributed by atoms with van der Waals surface area (Å²) >= 11 is 0. The van der Waals surface area contributed by atoms with Gasteiger partial charge in [-0.3, -0.25) is 0 Å². The average molecular weight is 684 g/mol. The Balaban J connectivity index is 1.07. The monoisotopic (exact) mass is 683 g/mol. The fraction of sp³-hybridized carbons (Fsp3) is 0.102. The van der Waals surface area contributed by atoms with Crippen LogP contribution in [-0.4, -0.2) is 11.7 Å². The molecule has 0 amide bonds. The Morgan fingerprint density at radius 3 is 1.96 bits per heavy atom. The maximum atomic E-state index is 7.04. The molecule has 6 aromatic carbocycles. The van der Waals surface area contributed by atoms with E-state index in [4.69, 9.17) is 14.4 Å². The largest absolute Gasteiger partial charge is 0.455 e. The van der Waals surface area contributed by atoms with Crippen molar-refractivity contribution in [2.24, 2.45) is 15.9 Å². The molecule has 254 valence electrons. The third-order valence-corrected chi connectivity index (χ3v) is 10.8. The number of nitrogens with one attached hydrogen (secondary N) is 1. The molecule has 0 saturated carbocycles. The number of rotatable bonds is 6. The maximum absolute atomic E-state index is 7.04. The zero-order chi connectivity index (χ0) is 35.1. The number of allylic oxidation sites excluding steroid dienone is 7. The Bertz CT molecular complexity index is 2690. The van der Waals surface area contributed by atoms with E-state index in [0.717, 1.165) is 68.7 Å². The van der Waals surface area contributed by atoms with Gasteiger partial charge in [0.05, 0.1) is 5.56 Å². The zero-order valence-corrected chi connectivity index (χ0v) is 29.2. The van der Waals surface area contributed by atoms with Crippen LogP contribution in [0.1, 0.15) is 41.6 Å². The van der Waals surface area contributed by atoms with Gasteiger partial charge in [-0.1, -0.05) is 164 Å². The van der Waals surface area contributed by atoms with E-state index in [1.807, 2.05) is 18.2 Å². The minimum Gasteiger partial charge on any atom is -0.455 e. The number of benzene rings is 6. The Hall–Kier alpha value is -6.52. The number of fused-ring (bicyclic) bond motifs is 5. The SMILES string of the molecule is C1=CCC(C2=NC(c3ccccc3)N=C(c3cccc4c3oc3c(-c5ccc(-c6ccc(C7C=CC=CC7)cc6)cc5)cc5ccccc5c34)N2)C=C1. The Morgan fingerprint density at radius 1 is 0.528 bits per heavy atom. The van der Waals surface area contributed by atoms with Crippen molar-refractivity contribution in [1.82, 2.24) is 5.32 Å². The summed E-state index contributed by atoms with van der Waals surface area (Å²) in [5.74, 6) is 2.29. The highest BCUT2D eigenvalue weighted by molar-refractivity contribution is 6.26. The zero-order valence-electron chi connectivity index (χ0n) is 29.2. The van der Waals surface area contributed by atoms with Crippen molar-refractivity contribution in [3.63, 3.8) is 0 Å². The van der Waals surface area contributed by atoms with Gasteiger partial charge in [0.1, 0.15) is 22.8 Å². The predicted molar refractivity (Wildman–Crippen MR) is 220 cm³/mol. The second-order valence-electron chi connectivity index (χ2n) is 14.0. The van der Waals surface area contributed by atoms with Gasteiger partial charge in [-0.15, -0.1) is 0 Å². The van der Waals surface area contributed by atoms with Crippen molar-refractivity contribution in [3.8, 4) is 22.3 Å². The Morgan fingerprint density at radius 2 is 1.21 bits per heavy atom. The molecule has 7 aromatic rings. The molecule has 2 heterocycles. The van der Waals surface area contributed by atoms with Crippen LogP contribution in [0.15, 0.2) is 190 Å². The number of amidine groups is 2. The molecule has 4 heteroatoms. The molecule has 0 radical (unpaired) electrons. The van der Waals surface area contributed by atoms with E-state index in [1.165, 1.54) is 27.5 Å². The fourth-order valence-electron chi connectivity index (χ4n) is 7.99. The lowest BCUT2D eigenvalue weighted by Gasteiger charge is -2.26. The highest BCUT2D eigenvalue weighted by Gasteiger charge is 2.27. The van der Waals surface area contributed by atoms with Crippen LogP contribution >= 0.6 is 0 Å². The van der Waals surface area contributed by atoms with Gasteiger partial charge in [-0.25, -0.2) is 9.98 Å². The molecular weight excluding hydrogens is 647 g/mol. The summed E-state index contributed by atoms with van der Waals surface area (Å²) in [6.07, 6.45) is 19.0. The topological polar surface area (TPSA) is 49.9 Å². The summed E-state index contributed by atoms with van der Waals surface area (Å²) < 4.78 is 7.04. The van der Waals surface area contributed by atoms with Gasteiger partial charge >= 0.3 is 0 Å². The molecule has 0 spiro atoms. The Labute approximate surface area is 308 Å². The van der Waals surface area contributed by atoms with Crippen LogP contribution in [0.5, 0.6) is 0 Å². The molecule has 0 fully saturated rings. The first-order valence-electron chi connectivity index (χ1n) is 18.5. The first-order valence-corrected chi connectivity index (χ1v) is 18.5. The predicted octanol–water partition coefficient (Wildman–Crippen LogP) is 12.3. The average Bonchev–Trinajstić information content (AvgIpc) is 3.65. The normalized spacial score (nSPS) is 19.4. The molecular formula is C49H37N3O. The fourth-order valence-corrected chi connectivity index (χ4v) is 7.99. The quantitative estimate of drug-likeness (QED) is 0.190. The van der Waals surface area contributed by atoms with E-state index in [0.29, 0.717) is 5.92 Å². The molecule has 1 aliphatic heterocycles. The number of hydrogen-bond acceptors (Lipinski definition) is 4. The smallest absolute Gasteiger partial charge is 0.169 e. The number of aliphatic imine (C=N–C) groups is 2.